The van der Waals surface area contributed by atoms with Gasteiger partial charge in [-0.1, -0.05) is 5.46 Å². The summed E-state index contributed by atoms with van der Waals surface area (Å²) in [6.07, 6.45) is 0.432. The van der Waals surface area contributed by atoms with E-state index in [-0.39, 0.29) is 22.3 Å². The van der Waals surface area contributed by atoms with Gasteiger partial charge in [-0.15, -0.1) is 0 Å². The highest BCUT2D eigenvalue weighted by molar-refractivity contribution is 6.36. The van der Waals surface area contributed by atoms with Crippen LogP contribution < -0.4 is 5.46 Å². The first-order valence-electron chi connectivity index (χ1n) is 3.76. The van der Waals surface area contributed by atoms with Gasteiger partial charge in [0.25, 0.3) is 0 Å². The number of phenols is 1. The van der Waals surface area contributed by atoms with Crippen molar-refractivity contribution in [1.82, 2.24) is 0 Å². The number of carbonyl (C=O) groups excluding carboxylic acids is 2. The molecule has 0 aliphatic carbocycles. The van der Waals surface area contributed by atoms with E-state index in [0.717, 1.165) is 6.07 Å². The number of carbonyl (C=O) groups is 2. The molecule has 0 atom stereocenters. The molecule has 0 unspecified atom stereocenters. The Bertz CT molecular complexity index is 387. The SMILES string of the molecule is [B]c1cc(O)c(C=O)cc1C(=O)OC. The van der Waals surface area contributed by atoms with Crippen molar-refractivity contribution in [2.75, 3.05) is 7.11 Å². The van der Waals surface area contributed by atoms with Gasteiger partial charge in [-0.25, -0.2) is 4.79 Å². The first kappa shape index (κ1) is 10.3. The molecule has 0 fully saturated rings. The molecule has 0 aliphatic heterocycles. The van der Waals surface area contributed by atoms with Crippen LogP contribution in [-0.2, 0) is 4.74 Å². The lowest BCUT2D eigenvalue weighted by molar-refractivity contribution is 0.0602. The van der Waals surface area contributed by atoms with E-state index in [9.17, 15) is 14.7 Å². The minimum Gasteiger partial charge on any atom is -0.507 e. The molecule has 0 saturated heterocycles. The minimum atomic E-state index is -0.648. The summed E-state index contributed by atoms with van der Waals surface area (Å²) in [7, 11) is 6.65. The summed E-state index contributed by atoms with van der Waals surface area (Å²) >= 11 is 0. The number of rotatable bonds is 2. The van der Waals surface area contributed by atoms with E-state index >= 15 is 0 Å². The fourth-order valence-corrected chi connectivity index (χ4v) is 1.00. The van der Waals surface area contributed by atoms with Gasteiger partial charge in [0.2, 0.25) is 0 Å². The number of ether oxygens (including phenoxy) is 1. The van der Waals surface area contributed by atoms with Gasteiger partial charge in [-0.05, 0) is 12.1 Å². The van der Waals surface area contributed by atoms with Crippen molar-refractivity contribution in [3.8, 4) is 5.75 Å². The third-order valence-corrected chi connectivity index (χ3v) is 1.73. The van der Waals surface area contributed by atoms with Gasteiger partial charge in [-0.2, -0.15) is 0 Å². The van der Waals surface area contributed by atoms with Crippen LogP contribution in [0.2, 0.25) is 0 Å². The second kappa shape index (κ2) is 3.96. The standard InChI is InChI=1S/C9H7BO4/c1-14-9(13)6-2-5(4-11)8(12)3-7(6)10/h2-4,12H,1H3. The maximum absolute atomic E-state index is 11.1. The number of esters is 1. The summed E-state index contributed by atoms with van der Waals surface area (Å²) in [5.74, 6) is -0.907. The van der Waals surface area contributed by atoms with Crippen molar-refractivity contribution in [2.45, 2.75) is 0 Å². The summed E-state index contributed by atoms with van der Waals surface area (Å²) in [5, 5.41) is 9.21. The maximum atomic E-state index is 11.1. The Morgan fingerprint density at radius 2 is 2.21 bits per heavy atom. The Balaban J connectivity index is 3.30. The van der Waals surface area contributed by atoms with Gasteiger partial charge in [0.1, 0.15) is 13.6 Å². The van der Waals surface area contributed by atoms with Crippen LogP contribution in [0.25, 0.3) is 0 Å². The fraction of sp³-hybridized carbons (Fsp3) is 0.111. The number of aldehydes is 1. The van der Waals surface area contributed by atoms with Crippen molar-refractivity contribution >= 4 is 25.6 Å². The average molecular weight is 190 g/mol. The molecule has 0 spiro atoms. The normalized spacial score (nSPS) is 9.50. The summed E-state index contributed by atoms with van der Waals surface area (Å²) in [6.45, 7) is 0. The Morgan fingerprint density at radius 1 is 1.57 bits per heavy atom. The third kappa shape index (κ3) is 1.76. The van der Waals surface area contributed by atoms with Crippen LogP contribution in [0.5, 0.6) is 5.75 Å². The topological polar surface area (TPSA) is 63.6 Å². The predicted octanol–water partition coefficient (Wildman–Crippen LogP) is -0.215. The smallest absolute Gasteiger partial charge is 0.337 e. The van der Waals surface area contributed by atoms with E-state index in [2.05, 4.69) is 4.74 Å². The molecule has 14 heavy (non-hydrogen) atoms. The summed E-state index contributed by atoms with van der Waals surface area (Å²) in [4.78, 5) is 21.6. The Morgan fingerprint density at radius 3 is 2.71 bits per heavy atom. The summed E-state index contributed by atoms with van der Waals surface area (Å²) in [6, 6.07) is 2.32. The quantitative estimate of drug-likeness (QED) is 0.398. The molecule has 1 aromatic carbocycles. The zero-order valence-electron chi connectivity index (χ0n) is 7.48. The van der Waals surface area contributed by atoms with Gasteiger partial charge in [0.05, 0.1) is 18.2 Å². The first-order valence-corrected chi connectivity index (χ1v) is 3.76. The molecule has 0 aromatic heterocycles. The van der Waals surface area contributed by atoms with Gasteiger partial charge in [-0.3, -0.25) is 4.79 Å². The highest BCUT2D eigenvalue weighted by Crippen LogP contribution is 2.14. The number of methoxy groups -OCH3 is 1. The van der Waals surface area contributed by atoms with E-state index in [4.69, 9.17) is 7.85 Å². The van der Waals surface area contributed by atoms with Crippen LogP contribution in [0.4, 0.5) is 0 Å². The maximum Gasteiger partial charge on any atom is 0.337 e. The zero-order chi connectivity index (χ0) is 10.7. The summed E-state index contributed by atoms with van der Waals surface area (Å²) < 4.78 is 4.44. The predicted molar refractivity (Wildman–Crippen MR) is 50.2 cm³/mol. The lowest BCUT2D eigenvalue weighted by atomic mass is 9.89. The van der Waals surface area contributed by atoms with E-state index in [1.165, 1.54) is 13.2 Å². The van der Waals surface area contributed by atoms with E-state index in [1.807, 2.05) is 0 Å². The summed E-state index contributed by atoms with van der Waals surface area (Å²) in [5.41, 5.74) is 0.131. The van der Waals surface area contributed by atoms with Gasteiger partial charge < -0.3 is 9.84 Å². The lowest BCUT2D eigenvalue weighted by Crippen LogP contribution is -2.17. The molecular weight excluding hydrogens is 183 g/mol. The Labute approximate surface area is 81.9 Å². The van der Waals surface area contributed by atoms with Crippen LogP contribution in [-0.4, -0.2) is 32.3 Å². The molecule has 70 valence electrons. The van der Waals surface area contributed by atoms with Crippen LogP contribution >= 0.6 is 0 Å². The lowest BCUT2D eigenvalue weighted by Gasteiger charge is -2.06. The van der Waals surface area contributed by atoms with E-state index < -0.39 is 5.97 Å². The van der Waals surface area contributed by atoms with Gasteiger partial charge in [0, 0.05) is 0 Å². The van der Waals surface area contributed by atoms with Gasteiger partial charge >= 0.3 is 5.97 Å². The molecule has 5 heteroatoms. The van der Waals surface area contributed by atoms with Crippen molar-refractivity contribution in [2.24, 2.45) is 0 Å². The number of aromatic hydroxyl groups is 1. The Hall–Kier alpha value is -1.78. The highest BCUT2D eigenvalue weighted by atomic mass is 16.5. The molecular formula is C9H7BO4. The number of benzene rings is 1. The van der Waals surface area contributed by atoms with Crippen molar-refractivity contribution in [3.63, 3.8) is 0 Å². The van der Waals surface area contributed by atoms with E-state index in [0.29, 0.717) is 6.29 Å². The molecule has 0 heterocycles. The average Bonchev–Trinajstić information content (AvgIpc) is 2.17. The largest absolute Gasteiger partial charge is 0.507 e. The molecule has 0 saturated carbocycles. The monoisotopic (exact) mass is 190 g/mol. The molecule has 0 amide bonds. The molecule has 1 rings (SSSR count). The second-order valence-electron chi connectivity index (χ2n) is 2.61. The molecule has 0 bridgehead atoms. The molecule has 2 radical (unpaired) electrons. The van der Waals surface area contributed by atoms with Crippen LogP contribution in [0.3, 0.4) is 0 Å². The molecule has 1 aromatic rings. The highest BCUT2D eigenvalue weighted by Gasteiger charge is 2.12. The van der Waals surface area contributed by atoms with Crippen LogP contribution in [0.1, 0.15) is 20.7 Å². The second-order valence-corrected chi connectivity index (χ2v) is 2.61. The van der Waals surface area contributed by atoms with Crippen molar-refractivity contribution in [3.05, 3.63) is 23.3 Å². The molecule has 0 aliphatic rings. The van der Waals surface area contributed by atoms with E-state index in [1.54, 1.807) is 0 Å². The fourth-order valence-electron chi connectivity index (χ4n) is 1.00. The molecule has 1 N–H and O–H groups in total. The van der Waals surface area contributed by atoms with Gasteiger partial charge in [0.15, 0.2) is 6.29 Å². The van der Waals surface area contributed by atoms with Crippen molar-refractivity contribution < 1.29 is 19.4 Å². The minimum absolute atomic E-state index is 0.000370. The Kier molecular flexibility index (Phi) is 2.91. The number of hydrogen-bond donors (Lipinski definition) is 1. The zero-order valence-corrected chi connectivity index (χ0v) is 7.48. The number of hydrogen-bond acceptors (Lipinski definition) is 4. The number of phenolic OH excluding ortho intramolecular Hbond substituents is 1. The van der Waals surface area contributed by atoms with Crippen LogP contribution in [0.15, 0.2) is 12.1 Å². The molecule has 4 nitrogen and oxygen atoms in total. The van der Waals surface area contributed by atoms with Crippen molar-refractivity contribution in [1.29, 1.82) is 0 Å². The van der Waals surface area contributed by atoms with Crippen LogP contribution in [0, 0.1) is 0 Å². The third-order valence-electron chi connectivity index (χ3n) is 1.73. The first-order chi connectivity index (χ1) is 6.60.